The van der Waals surface area contributed by atoms with E-state index in [1.165, 1.54) is 0 Å². The molecule has 0 radical (unpaired) electrons. The van der Waals surface area contributed by atoms with Crippen LogP contribution in [0.5, 0.6) is 0 Å². The molecule has 1 aliphatic heterocycles. The standard InChI is InChI=1S/C9H16N4O/c1-13-3-2-11-8(6-13)4-7-5-9(10)14-12-7/h5,8,11H,2-4,6,10H2,1H3. The lowest BCUT2D eigenvalue weighted by molar-refractivity contribution is 0.236. The highest BCUT2D eigenvalue weighted by Crippen LogP contribution is 2.08. The summed E-state index contributed by atoms with van der Waals surface area (Å²) >= 11 is 0. The maximum absolute atomic E-state index is 5.45. The Morgan fingerprint density at radius 2 is 2.64 bits per heavy atom. The van der Waals surface area contributed by atoms with Crippen LogP contribution in [0.4, 0.5) is 5.88 Å². The molecule has 3 N–H and O–H groups in total. The highest BCUT2D eigenvalue weighted by atomic mass is 16.5. The monoisotopic (exact) mass is 196 g/mol. The lowest BCUT2D eigenvalue weighted by Crippen LogP contribution is -2.49. The first-order valence-electron chi connectivity index (χ1n) is 4.87. The number of hydrogen-bond donors (Lipinski definition) is 2. The van der Waals surface area contributed by atoms with Crippen LogP contribution >= 0.6 is 0 Å². The molecule has 0 bridgehead atoms. The SMILES string of the molecule is CN1CCNC(Cc2cc(N)on2)C1. The summed E-state index contributed by atoms with van der Waals surface area (Å²) in [5.74, 6) is 0.393. The van der Waals surface area contributed by atoms with Crippen LogP contribution in [0.25, 0.3) is 0 Å². The maximum atomic E-state index is 5.45. The molecule has 0 saturated carbocycles. The van der Waals surface area contributed by atoms with Crippen LogP contribution in [0.3, 0.4) is 0 Å². The highest BCUT2D eigenvalue weighted by molar-refractivity contribution is 5.24. The van der Waals surface area contributed by atoms with Gasteiger partial charge in [0.1, 0.15) is 0 Å². The van der Waals surface area contributed by atoms with E-state index < -0.39 is 0 Å². The molecule has 1 aromatic rings. The molecule has 0 aromatic carbocycles. The number of nitrogens with zero attached hydrogens (tertiary/aromatic N) is 2. The predicted octanol–water partition coefficient (Wildman–Crippen LogP) is -0.297. The molecule has 1 unspecified atom stereocenters. The minimum Gasteiger partial charge on any atom is -0.368 e. The Labute approximate surface area is 83.2 Å². The van der Waals surface area contributed by atoms with E-state index in [0.717, 1.165) is 31.7 Å². The van der Waals surface area contributed by atoms with Crippen molar-refractivity contribution in [2.24, 2.45) is 0 Å². The van der Waals surface area contributed by atoms with E-state index in [1.807, 2.05) is 0 Å². The van der Waals surface area contributed by atoms with E-state index >= 15 is 0 Å². The van der Waals surface area contributed by atoms with Gasteiger partial charge in [-0.3, -0.25) is 0 Å². The van der Waals surface area contributed by atoms with E-state index in [1.54, 1.807) is 6.07 Å². The Balaban J connectivity index is 1.90. The molecule has 78 valence electrons. The fourth-order valence-electron chi connectivity index (χ4n) is 1.81. The van der Waals surface area contributed by atoms with Gasteiger partial charge in [0.05, 0.1) is 5.69 Å². The van der Waals surface area contributed by atoms with Crippen LogP contribution in [0.1, 0.15) is 5.69 Å². The second kappa shape index (κ2) is 3.98. The molecule has 1 fully saturated rings. The third-order valence-electron chi connectivity index (χ3n) is 2.49. The minimum absolute atomic E-state index is 0.393. The van der Waals surface area contributed by atoms with E-state index in [4.69, 9.17) is 10.3 Å². The van der Waals surface area contributed by atoms with Crippen molar-refractivity contribution in [3.05, 3.63) is 11.8 Å². The van der Waals surface area contributed by atoms with Crippen LogP contribution < -0.4 is 11.1 Å². The molecule has 5 nitrogen and oxygen atoms in total. The predicted molar refractivity (Wildman–Crippen MR) is 53.9 cm³/mol. The quantitative estimate of drug-likeness (QED) is 0.680. The highest BCUT2D eigenvalue weighted by Gasteiger charge is 2.17. The van der Waals surface area contributed by atoms with Gasteiger partial charge >= 0.3 is 0 Å². The van der Waals surface area contributed by atoms with Gasteiger partial charge in [0.2, 0.25) is 5.88 Å². The Kier molecular flexibility index (Phi) is 2.69. The molecular formula is C9H16N4O. The summed E-state index contributed by atoms with van der Waals surface area (Å²) in [6, 6.07) is 2.24. The molecule has 5 heteroatoms. The number of nitrogens with two attached hydrogens (primary N) is 1. The largest absolute Gasteiger partial charge is 0.368 e. The second-order valence-corrected chi connectivity index (χ2v) is 3.84. The first-order chi connectivity index (χ1) is 6.74. The van der Waals surface area contributed by atoms with E-state index in [9.17, 15) is 0 Å². The van der Waals surface area contributed by atoms with Gasteiger partial charge in [-0.2, -0.15) is 0 Å². The molecule has 2 rings (SSSR count). The average Bonchev–Trinajstić information content (AvgIpc) is 2.51. The zero-order valence-corrected chi connectivity index (χ0v) is 8.36. The molecule has 1 aromatic heterocycles. The summed E-state index contributed by atoms with van der Waals surface area (Å²) in [5, 5.41) is 7.32. The molecular weight excluding hydrogens is 180 g/mol. The fraction of sp³-hybridized carbons (Fsp3) is 0.667. The summed E-state index contributed by atoms with van der Waals surface area (Å²) in [5.41, 5.74) is 6.38. The van der Waals surface area contributed by atoms with Gasteiger partial charge < -0.3 is 20.5 Å². The van der Waals surface area contributed by atoms with Gasteiger partial charge in [0.15, 0.2) is 0 Å². The number of likely N-dealkylation sites (N-methyl/N-ethyl adjacent to an activating group) is 1. The molecule has 0 aliphatic carbocycles. The second-order valence-electron chi connectivity index (χ2n) is 3.84. The van der Waals surface area contributed by atoms with Crippen molar-refractivity contribution in [1.29, 1.82) is 0 Å². The summed E-state index contributed by atoms with van der Waals surface area (Å²) in [7, 11) is 2.13. The number of piperazine rings is 1. The first-order valence-corrected chi connectivity index (χ1v) is 4.87. The molecule has 0 amide bonds. The molecule has 0 spiro atoms. The third-order valence-corrected chi connectivity index (χ3v) is 2.49. The molecule has 2 heterocycles. The van der Waals surface area contributed by atoms with Crippen LogP contribution in [0.2, 0.25) is 0 Å². The number of anilines is 1. The van der Waals surface area contributed by atoms with Crippen molar-refractivity contribution in [2.75, 3.05) is 32.4 Å². The van der Waals surface area contributed by atoms with E-state index in [2.05, 4.69) is 22.4 Å². The van der Waals surface area contributed by atoms with Gasteiger partial charge in [-0.15, -0.1) is 0 Å². The van der Waals surface area contributed by atoms with Gasteiger partial charge in [0.25, 0.3) is 0 Å². The third kappa shape index (κ3) is 2.24. The summed E-state index contributed by atoms with van der Waals surface area (Å²) in [6.45, 7) is 3.19. The van der Waals surface area contributed by atoms with Crippen molar-refractivity contribution in [2.45, 2.75) is 12.5 Å². The van der Waals surface area contributed by atoms with Gasteiger partial charge in [-0.1, -0.05) is 5.16 Å². The Morgan fingerprint density at radius 3 is 3.29 bits per heavy atom. The molecule has 1 aliphatic rings. The van der Waals surface area contributed by atoms with Crippen molar-refractivity contribution in [3.8, 4) is 0 Å². The summed E-state index contributed by atoms with van der Waals surface area (Å²) < 4.78 is 4.82. The minimum atomic E-state index is 0.393. The van der Waals surface area contributed by atoms with Crippen LogP contribution in [-0.2, 0) is 6.42 Å². The van der Waals surface area contributed by atoms with E-state index in [0.29, 0.717) is 11.9 Å². The zero-order valence-electron chi connectivity index (χ0n) is 8.36. The number of nitrogens with one attached hydrogen (secondary N) is 1. The Hall–Kier alpha value is -1.07. The van der Waals surface area contributed by atoms with Crippen molar-refractivity contribution >= 4 is 5.88 Å². The zero-order chi connectivity index (χ0) is 9.97. The Morgan fingerprint density at radius 1 is 1.79 bits per heavy atom. The maximum Gasteiger partial charge on any atom is 0.222 e. The first kappa shape index (κ1) is 9.48. The smallest absolute Gasteiger partial charge is 0.222 e. The van der Waals surface area contributed by atoms with Crippen LogP contribution in [-0.4, -0.2) is 42.8 Å². The lowest BCUT2D eigenvalue weighted by atomic mass is 10.1. The Bertz CT molecular complexity index is 299. The number of rotatable bonds is 2. The van der Waals surface area contributed by atoms with Crippen LogP contribution in [0.15, 0.2) is 10.6 Å². The van der Waals surface area contributed by atoms with Gasteiger partial charge in [-0.05, 0) is 7.05 Å². The topological polar surface area (TPSA) is 67.3 Å². The van der Waals surface area contributed by atoms with Crippen molar-refractivity contribution in [3.63, 3.8) is 0 Å². The summed E-state index contributed by atoms with van der Waals surface area (Å²) in [4.78, 5) is 2.31. The summed E-state index contributed by atoms with van der Waals surface area (Å²) in [6.07, 6.45) is 0.880. The van der Waals surface area contributed by atoms with Gasteiger partial charge in [0, 0.05) is 38.2 Å². The number of nitrogen functional groups attached to an aromatic ring is 1. The molecule has 14 heavy (non-hydrogen) atoms. The van der Waals surface area contributed by atoms with Crippen molar-refractivity contribution in [1.82, 2.24) is 15.4 Å². The lowest BCUT2D eigenvalue weighted by Gasteiger charge is -2.30. The number of hydrogen-bond acceptors (Lipinski definition) is 5. The van der Waals surface area contributed by atoms with Crippen LogP contribution in [0, 0.1) is 0 Å². The normalized spacial score (nSPS) is 23.9. The average molecular weight is 196 g/mol. The molecule has 1 saturated heterocycles. The van der Waals surface area contributed by atoms with Crippen molar-refractivity contribution < 1.29 is 4.52 Å². The number of aromatic nitrogens is 1. The van der Waals surface area contributed by atoms with E-state index in [-0.39, 0.29) is 0 Å². The van der Waals surface area contributed by atoms with Gasteiger partial charge in [-0.25, -0.2) is 0 Å². The fourth-order valence-corrected chi connectivity index (χ4v) is 1.81. The molecule has 1 atom stereocenters.